The summed E-state index contributed by atoms with van der Waals surface area (Å²) in [7, 11) is 0. The third kappa shape index (κ3) is 2.62. The van der Waals surface area contributed by atoms with E-state index in [9.17, 15) is 9.18 Å². The molecule has 92 valence electrons. The van der Waals surface area contributed by atoms with Crippen molar-refractivity contribution in [3.63, 3.8) is 0 Å². The van der Waals surface area contributed by atoms with E-state index in [2.05, 4.69) is 15.9 Å². The Labute approximate surface area is 118 Å². The van der Waals surface area contributed by atoms with E-state index in [1.165, 1.54) is 12.1 Å². The molecule has 0 unspecified atom stereocenters. The van der Waals surface area contributed by atoms with Gasteiger partial charge in [-0.15, -0.1) is 0 Å². The molecule has 0 atom stereocenters. The van der Waals surface area contributed by atoms with Gasteiger partial charge in [-0.2, -0.15) is 0 Å². The van der Waals surface area contributed by atoms with E-state index < -0.39 is 5.82 Å². The fourth-order valence-corrected chi connectivity index (χ4v) is 2.65. The van der Waals surface area contributed by atoms with E-state index in [1.807, 2.05) is 0 Å². The molecule has 18 heavy (non-hydrogen) atoms. The summed E-state index contributed by atoms with van der Waals surface area (Å²) < 4.78 is 13.9. The first-order chi connectivity index (χ1) is 8.49. The van der Waals surface area contributed by atoms with E-state index in [1.54, 1.807) is 31.2 Å². The van der Waals surface area contributed by atoms with Crippen molar-refractivity contribution in [3.8, 4) is 0 Å². The summed E-state index contributed by atoms with van der Waals surface area (Å²) in [5.41, 5.74) is 1.34. The van der Waals surface area contributed by atoms with Gasteiger partial charge in [0.05, 0.1) is 10.6 Å². The molecule has 4 heteroatoms. The average molecular weight is 328 g/mol. The molecule has 0 N–H and O–H groups in total. The van der Waals surface area contributed by atoms with Crippen LogP contribution < -0.4 is 0 Å². The van der Waals surface area contributed by atoms with Crippen LogP contribution in [0.1, 0.15) is 21.5 Å². The monoisotopic (exact) mass is 326 g/mol. The Balaban J connectivity index is 2.55. The minimum Gasteiger partial charge on any atom is -0.289 e. The fraction of sp³-hybridized carbons (Fsp3) is 0.0714. The van der Waals surface area contributed by atoms with Gasteiger partial charge >= 0.3 is 0 Å². The molecule has 0 saturated carbocycles. The zero-order chi connectivity index (χ0) is 13.3. The highest BCUT2D eigenvalue weighted by Gasteiger charge is 2.17. The van der Waals surface area contributed by atoms with Gasteiger partial charge in [-0.05, 0) is 58.7 Å². The molecule has 0 aliphatic carbocycles. The Bertz CT molecular complexity index is 585. The summed E-state index contributed by atoms with van der Waals surface area (Å²) >= 11 is 9.29. The van der Waals surface area contributed by atoms with E-state index in [4.69, 9.17) is 11.6 Å². The highest BCUT2D eigenvalue weighted by Crippen LogP contribution is 2.27. The summed E-state index contributed by atoms with van der Waals surface area (Å²) in [4.78, 5) is 12.3. The molecule has 0 aliphatic heterocycles. The lowest BCUT2D eigenvalue weighted by atomic mass is 10.0. The number of ketones is 1. The van der Waals surface area contributed by atoms with Crippen LogP contribution in [0.5, 0.6) is 0 Å². The van der Waals surface area contributed by atoms with Crippen molar-refractivity contribution in [2.45, 2.75) is 6.92 Å². The maximum atomic E-state index is 13.3. The van der Waals surface area contributed by atoms with Gasteiger partial charge in [0.15, 0.2) is 5.78 Å². The smallest absolute Gasteiger partial charge is 0.195 e. The second kappa shape index (κ2) is 5.21. The highest BCUT2D eigenvalue weighted by atomic mass is 79.9. The zero-order valence-corrected chi connectivity index (χ0v) is 11.8. The maximum absolute atomic E-state index is 13.3. The molecule has 2 aromatic carbocycles. The minimum atomic E-state index is -0.429. The quantitative estimate of drug-likeness (QED) is 0.725. The van der Waals surface area contributed by atoms with E-state index in [-0.39, 0.29) is 5.78 Å². The van der Waals surface area contributed by atoms with Crippen LogP contribution in [0.15, 0.2) is 40.9 Å². The van der Waals surface area contributed by atoms with Gasteiger partial charge < -0.3 is 0 Å². The van der Waals surface area contributed by atoms with Crippen LogP contribution >= 0.6 is 27.5 Å². The lowest BCUT2D eigenvalue weighted by Crippen LogP contribution is -2.04. The number of hydrogen-bond donors (Lipinski definition) is 0. The van der Waals surface area contributed by atoms with E-state index in [0.29, 0.717) is 26.2 Å². The summed E-state index contributed by atoms with van der Waals surface area (Å²) in [6.07, 6.45) is 0. The van der Waals surface area contributed by atoms with Crippen molar-refractivity contribution >= 4 is 33.3 Å². The van der Waals surface area contributed by atoms with Crippen molar-refractivity contribution < 1.29 is 9.18 Å². The fourth-order valence-electron chi connectivity index (χ4n) is 1.73. The number of aryl methyl sites for hydroxylation is 1. The predicted molar refractivity (Wildman–Crippen MR) is 73.7 cm³/mol. The molecule has 2 rings (SSSR count). The Morgan fingerprint density at radius 1 is 1.28 bits per heavy atom. The van der Waals surface area contributed by atoms with Crippen molar-refractivity contribution in [1.82, 2.24) is 0 Å². The first-order valence-corrected chi connectivity index (χ1v) is 6.42. The largest absolute Gasteiger partial charge is 0.289 e. The van der Waals surface area contributed by atoms with Crippen LogP contribution in [0.2, 0.25) is 5.02 Å². The predicted octanol–water partition coefficient (Wildman–Crippen LogP) is 4.78. The molecule has 0 heterocycles. The molecular weight excluding hydrogens is 319 g/mol. The van der Waals surface area contributed by atoms with Gasteiger partial charge in [-0.25, -0.2) is 4.39 Å². The summed E-state index contributed by atoms with van der Waals surface area (Å²) in [5.74, 6) is -0.725. The first kappa shape index (κ1) is 13.2. The normalized spacial score (nSPS) is 10.4. The van der Waals surface area contributed by atoms with Gasteiger partial charge in [0, 0.05) is 10.0 Å². The third-order valence-electron chi connectivity index (χ3n) is 2.49. The molecule has 0 spiro atoms. The van der Waals surface area contributed by atoms with Gasteiger partial charge in [0.1, 0.15) is 5.82 Å². The van der Waals surface area contributed by atoms with Crippen LogP contribution in [0.3, 0.4) is 0 Å². The van der Waals surface area contributed by atoms with Crippen molar-refractivity contribution in [1.29, 1.82) is 0 Å². The van der Waals surface area contributed by atoms with E-state index in [0.717, 1.165) is 0 Å². The molecule has 2 aromatic rings. The van der Waals surface area contributed by atoms with Crippen molar-refractivity contribution in [2.24, 2.45) is 0 Å². The Morgan fingerprint density at radius 3 is 2.61 bits per heavy atom. The van der Waals surface area contributed by atoms with Crippen LogP contribution in [-0.4, -0.2) is 5.78 Å². The Kier molecular flexibility index (Phi) is 3.83. The SMILES string of the molecule is Cc1cc(F)cc(C(=O)c2c(Cl)cccc2Br)c1. The lowest BCUT2D eigenvalue weighted by molar-refractivity contribution is 0.103. The molecule has 0 radical (unpaired) electrons. The Hall–Kier alpha value is -1.19. The van der Waals surface area contributed by atoms with Gasteiger partial charge in [-0.3, -0.25) is 4.79 Å². The number of rotatable bonds is 2. The van der Waals surface area contributed by atoms with Gasteiger partial charge in [0.2, 0.25) is 0 Å². The third-order valence-corrected chi connectivity index (χ3v) is 3.47. The van der Waals surface area contributed by atoms with Crippen molar-refractivity contribution in [2.75, 3.05) is 0 Å². The average Bonchev–Trinajstić information content (AvgIpc) is 2.27. The summed E-state index contributed by atoms with van der Waals surface area (Å²) in [5, 5.41) is 0.344. The molecular formula is C14H9BrClFO. The number of carbonyl (C=O) groups is 1. The molecule has 0 aliphatic rings. The minimum absolute atomic E-state index is 0.293. The van der Waals surface area contributed by atoms with Gasteiger partial charge in [-0.1, -0.05) is 17.7 Å². The first-order valence-electron chi connectivity index (χ1n) is 5.25. The lowest BCUT2D eigenvalue weighted by Gasteiger charge is -2.07. The maximum Gasteiger partial charge on any atom is 0.195 e. The number of halogens is 3. The van der Waals surface area contributed by atoms with E-state index >= 15 is 0 Å². The molecule has 0 saturated heterocycles. The molecule has 0 fully saturated rings. The molecule has 0 bridgehead atoms. The van der Waals surface area contributed by atoms with Gasteiger partial charge in [0.25, 0.3) is 0 Å². The molecule has 0 aromatic heterocycles. The number of benzene rings is 2. The zero-order valence-electron chi connectivity index (χ0n) is 9.51. The topological polar surface area (TPSA) is 17.1 Å². The van der Waals surface area contributed by atoms with Crippen LogP contribution in [0.4, 0.5) is 4.39 Å². The number of carbonyl (C=O) groups excluding carboxylic acids is 1. The van der Waals surface area contributed by atoms with Crippen molar-refractivity contribution in [3.05, 3.63) is 68.4 Å². The van der Waals surface area contributed by atoms with Crippen LogP contribution in [-0.2, 0) is 0 Å². The second-order valence-corrected chi connectivity index (χ2v) is 5.20. The standard InChI is InChI=1S/C14H9BrClFO/c1-8-5-9(7-10(17)6-8)14(18)13-11(15)3-2-4-12(13)16/h2-7H,1H3. The summed E-state index contributed by atoms with van der Waals surface area (Å²) in [6, 6.07) is 9.32. The highest BCUT2D eigenvalue weighted by molar-refractivity contribution is 9.10. The van der Waals surface area contributed by atoms with Crippen LogP contribution in [0.25, 0.3) is 0 Å². The second-order valence-electron chi connectivity index (χ2n) is 3.94. The Morgan fingerprint density at radius 2 is 2.00 bits per heavy atom. The number of hydrogen-bond acceptors (Lipinski definition) is 1. The van der Waals surface area contributed by atoms with Crippen LogP contribution in [0, 0.1) is 12.7 Å². The molecule has 1 nitrogen and oxygen atoms in total. The molecule has 0 amide bonds. The summed E-state index contributed by atoms with van der Waals surface area (Å²) in [6.45, 7) is 1.74.